The van der Waals surface area contributed by atoms with E-state index >= 15 is 0 Å². The maximum absolute atomic E-state index is 2.43. The van der Waals surface area contributed by atoms with Gasteiger partial charge in [-0.1, -0.05) is 346 Å². The predicted octanol–water partition coefficient (Wildman–Crippen LogP) is 31.5. The first kappa shape index (κ1) is 67.7. The van der Waals surface area contributed by atoms with E-state index in [9.17, 15) is 0 Å². The third-order valence-electron chi connectivity index (χ3n) is 23.9. The summed E-state index contributed by atoms with van der Waals surface area (Å²) in [6.07, 6.45) is 0. The van der Waals surface area contributed by atoms with Gasteiger partial charge in [-0.3, -0.25) is 0 Å². The Morgan fingerprint density at radius 2 is 0.284 bits per heavy atom. The Labute approximate surface area is 673 Å². The van der Waals surface area contributed by atoms with Crippen molar-refractivity contribution in [3.05, 3.63) is 449 Å². The Kier molecular flexibility index (Phi) is 16.6. The molecule has 116 heavy (non-hydrogen) atoms. The van der Waals surface area contributed by atoms with E-state index in [-0.39, 0.29) is 0 Å². The molecule has 2 heteroatoms. The summed E-state index contributed by atoms with van der Waals surface area (Å²) < 4.78 is 4.84. The van der Waals surface area contributed by atoms with Crippen LogP contribution >= 0.6 is 0 Å². The molecule has 0 bridgehead atoms. The van der Waals surface area contributed by atoms with Crippen molar-refractivity contribution < 1.29 is 0 Å². The number of fused-ring (bicyclic) bond motifs is 18. The van der Waals surface area contributed by atoms with Gasteiger partial charge in [0.25, 0.3) is 0 Å². The molecule has 0 atom stereocenters. The van der Waals surface area contributed by atoms with Crippen molar-refractivity contribution in [3.63, 3.8) is 0 Å². The molecular weight excluding hydrogens is 1400 g/mol. The Balaban J connectivity index is 0.000000141. The highest BCUT2D eigenvalue weighted by Crippen LogP contribution is 2.44. The van der Waals surface area contributed by atoms with Gasteiger partial charge in [-0.05, 0) is 268 Å². The molecule has 0 saturated carbocycles. The molecule has 2 aromatic heterocycles. The standard InChI is InChI=1S/C60H39N.C54H35N/c1-3-14-40(15-4-1)47-29-32-59-57(38-47)58-39-48(41-16-5-2-6-17-41)30-33-60(58)61(59)50-23-13-22-46(36-50)44-20-11-18-42(34-44)43-19-12-21-45(35-43)49-28-31-55-53-26-8-7-24-51(53)52-25-9-10-27-54(52)56(55)37-49;1-2-13-36(14-3-1)42-28-30-54-52(35-42)50-25-8-9-26-53(50)55(54)44-20-12-19-41(33-44)39-17-10-15-37(31-39)38-16-11-18-40(32-38)43-27-29-49-47-23-5-4-21-45(47)46-22-6-7-24-48(46)51(49)34-43/h1-39H;1-35H. The van der Waals surface area contributed by atoms with Crippen molar-refractivity contribution in [3.8, 4) is 112 Å². The number of benzene rings is 21. The fourth-order valence-corrected chi connectivity index (χ4v) is 18.3. The number of aromatic nitrogens is 2. The molecule has 0 radical (unpaired) electrons. The summed E-state index contributed by atoms with van der Waals surface area (Å²) in [7, 11) is 0. The van der Waals surface area contributed by atoms with Crippen LogP contribution < -0.4 is 0 Å². The molecule has 0 fully saturated rings. The van der Waals surface area contributed by atoms with Crippen LogP contribution in [0.25, 0.3) is 220 Å². The quantitative estimate of drug-likeness (QED) is 0.114. The Hall–Kier alpha value is -15.2. The molecule has 0 saturated heterocycles. The van der Waals surface area contributed by atoms with Crippen molar-refractivity contribution in [2.24, 2.45) is 0 Å². The molecule has 0 aliphatic carbocycles. The molecule has 2 nitrogen and oxygen atoms in total. The zero-order valence-electron chi connectivity index (χ0n) is 63.6. The third kappa shape index (κ3) is 12.0. The van der Waals surface area contributed by atoms with Crippen LogP contribution in [0, 0.1) is 0 Å². The van der Waals surface area contributed by atoms with Crippen LogP contribution in [0.2, 0.25) is 0 Å². The lowest BCUT2D eigenvalue weighted by atomic mass is 9.91. The minimum atomic E-state index is 1.14. The average Bonchev–Trinajstić information content (AvgIpc) is 1.26. The van der Waals surface area contributed by atoms with E-state index in [1.165, 1.54) is 208 Å². The first-order valence-corrected chi connectivity index (χ1v) is 40.1. The third-order valence-corrected chi connectivity index (χ3v) is 23.9. The Bertz CT molecular complexity index is 7650. The molecule has 23 aromatic rings. The number of hydrogen-bond donors (Lipinski definition) is 0. The van der Waals surface area contributed by atoms with Crippen molar-refractivity contribution in [1.82, 2.24) is 9.13 Å². The van der Waals surface area contributed by atoms with Gasteiger partial charge in [-0.15, -0.1) is 0 Å². The van der Waals surface area contributed by atoms with Gasteiger partial charge < -0.3 is 9.13 Å². The normalized spacial score (nSPS) is 11.6. The zero-order valence-corrected chi connectivity index (χ0v) is 63.6. The first-order valence-electron chi connectivity index (χ1n) is 40.1. The van der Waals surface area contributed by atoms with Crippen LogP contribution in [0.1, 0.15) is 0 Å². The van der Waals surface area contributed by atoms with Crippen LogP contribution in [0.15, 0.2) is 449 Å². The topological polar surface area (TPSA) is 9.86 Å². The molecule has 0 unspecified atom stereocenters. The molecule has 23 rings (SSSR count). The summed E-state index contributed by atoms with van der Waals surface area (Å²) in [5.41, 5.74) is 28.8. The van der Waals surface area contributed by atoms with Gasteiger partial charge in [0.1, 0.15) is 0 Å². The van der Waals surface area contributed by atoms with Gasteiger partial charge in [-0.25, -0.2) is 0 Å². The van der Waals surface area contributed by atoms with Gasteiger partial charge in [0, 0.05) is 32.9 Å². The fourth-order valence-electron chi connectivity index (χ4n) is 18.3. The lowest BCUT2D eigenvalue weighted by molar-refractivity contribution is 1.18. The summed E-state index contributed by atoms with van der Waals surface area (Å²) >= 11 is 0. The summed E-state index contributed by atoms with van der Waals surface area (Å²) in [6, 6.07) is 164. The van der Waals surface area contributed by atoms with E-state index < -0.39 is 0 Å². The number of hydrogen-bond acceptors (Lipinski definition) is 0. The molecule has 0 N–H and O–H groups in total. The van der Waals surface area contributed by atoms with E-state index in [2.05, 4.69) is 458 Å². The maximum atomic E-state index is 2.43. The second kappa shape index (κ2) is 28.5. The van der Waals surface area contributed by atoms with E-state index in [0.717, 1.165) is 11.4 Å². The Morgan fingerprint density at radius 3 is 0.595 bits per heavy atom. The largest absolute Gasteiger partial charge is 0.309 e. The minimum absolute atomic E-state index is 1.14. The molecule has 0 aliphatic heterocycles. The van der Waals surface area contributed by atoms with Gasteiger partial charge in [0.2, 0.25) is 0 Å². The molecule has 21 aromatic carbocycles. The van der Waals surface area contributed by atoms with Gasteiger partial charge in [0.15, 0.2) is 0 Å². The lowest BCUT2D eigenvalue weighted by Crippen LogP contribution is -1.94. The number of nitrogens with zero attached hydrogens (tertiary/aromatic N) is 2. The van der Waals surface area contributed by atoms with Crippen molar-refractivity contribution in [1.29, 1.82) is 0 Å². The van der Waals surface area contributed by atoms with Gasteiger partial charge >= 0.3 is 0 Å². The van der Waals surface area contributed by atoms with E-state index in [1.807, 2.05) is 0 Å². The van der Waals surface area contributed by atoms with Crippen molar-refractivity contribution in [2.75, 3.05) is 0 Å². The smallest absolute Gasteiger partial charge is 0.0541 e. The molecular formula is C114H74N2. The summed E-state index contributed by atoms with van der Waals surface area (Å²) in [4.78, 5) is 0. The molecule has 540 valence electrons. The highest BCUT2D eigenvalue weighted by Gasteiger charge is 2.20. The highest BCUT2D eigenvalue weighted by molar-refractivity contribution is 6.27. The second-order valence-corrected chi connectivity index (χ2v) is 30.6. The monoisotopic (exact) mass is 1470 g/mol. The summed E-state index contributed by atoms with van der Waals surface area (Å²) in [6.45, 7) is 0. The summed E-state index contributed by atoms with van der Waals surface area (Å²) in [5.74, 6) is 0. The van der Waals surface area contributed by atoms with E-state index in [4.69, 9.17) is 0 Å². The molecule has 2 heterocycles. The van der Waals surface area contributed by atoms with E-state index in [1.54, 1.807) is 0 Å². The van der Waals surface area contributed by atoms with Gasteiger partial charge in [-0.2, -0.15) is 0 Å². The van der Waals surface area contributed by atoms with Crippen molar-refractivity contribution in [2.45, 2.75) is 0 Å². The average molecular weight is 1470 g/mol. The minimum Gasteiger partial charge on any atom is -0.309 e. The fraction of sp³-hybridized carbons (Fsp3) is 0. The maximum Gasteiger partial charge on any atom is 0.0541 e. The molecule has 0 aliphatic rings. The predicted molar refractivity (Wildman–Crippen MR) is 496 cm³/mol. The molecule has 0 amide bonds. The number of rotatable bonds is 11. The Morgan fingerprint density at radius 1 is 0.0948 bits per heavy atom. The second-order valence-electron chi connectivity index (χ2n) is 30.6. The molecule has 0 spiro atoms. The lowest BCUT2D eigenvalue weighted by Gasteiger charge is -2.13. The highest BCUT2D eigenvalue weighted by atomic mass is 15.0. The summed E-state index contributed by atoms with van der Waals surface area (Å²) in [5, 5.41) is 20.6. The van der Waals surface area contributed by atoms with Crippen LogP contribution in [0.5, 0.6) is 0 Å². The van der Waals surface area contributed by atoms with Gasteiger partial charge in [0.05, 0.1) is 22.1 Å². The van der Waals surface area contributed by atoms with E-state index in [0.29, 0.717) is 0 Å². The number of para-hydroxylation sites is 1. The SMILES string of the molecule is c1ccc(-c2ccc3c(c2)c2cc(-c4ccccc4)ccc2n3-c2cccc(-c3cccc(-c4cccc(-c5ccc6c7ccccc7c7ccccc7c6c5)c4)c3)c2)cc1.c1ccc(-c2ccc3c(c2)c2ccccc2n3-c2cccc(-c3cccc(-c4cccc(-c5ccc6c7ccccc7c7ccccc7c6c5)c4)c3)c2)cc1. The van der Waals surface area contributed by atoms with Crippen LogP contribution in [-0.2, 0) is 0 Å². The first-order chi connectivity index (χ1) is 57.5. The van der Waals surface area contributed by atoms with Crippen LogP contribution in [0.3, 0.4) is 0 Å². The van der Waals surface area contributed by atoms with Crippen LogP contribution in [-0.4, -0.2) is 9.13 Å². The van der Waals surface area contributed by atoms with Crippen molar-refractivity contribution >= 4 is 108 Å². The zero-order chi connectivity index (χ0) is 76.6. The van der Waals surface area contributed by atoms with Crippen LogP contribution in [0.4, 0.5) is 0 Å².